The van der Waals surface area contributed by atoms with Gasteiger partial charge in [-0.15, -0.1) is 0 Å². The molecule has 2 atom stereocenters. The van der Waals surface area contributed by atoms with E-state index < -0.39 is 13.2 Å². The van der Waals surface area contributed by atoms with E-state index in [0.717, 1.165) is 17.7 Å². The molecule has 7 nitrogen and oxygen atoms in total. The SMILES string of the molecule is CCCOc1cc(-c2nc(C3COB(O)C3)cc([C@@H](C)O)n2)ccc1OC. The summed E-state index contributed by atoms with van der Waals surface area (Å²) in [7, 11) is 0.820. The summed E-state index contributed by atoms with van der Waals surface area (Å²) >= 11 is 0. The Kier molecular flexibility index (Phi) is 6.31. The van der Waals surface area contributed by atoms with Crippen LogP contribution in [0.1, 0.15) is 43.7 Å². The molecule has 1 unspecified atom stereocenters. The zero-order valence-corrected chi connectivity index (χ0v) is 15.9. The van der Waals surface area contributed by atoms with Crippen LogP contribution in [0.25, 0.3) is 11.4 Å². The van der Waals surface area contributed by atoms with Gasteiger partial charge in [-0.3, -0.25) is 0 Å². The average Bonchev–Trinajstić information content (AvgIpc) is 3.12. The molecule has 1 fully saturated rings. The molecule has 2 heterocycles. The van der Waals surface area contributed by atoms with Gasteiger partial charge in [-0.2, -0.15) is 0 Å². The molecule has 0 aliphatic carbocycles. The van der Waals surface area contributed by atoms with E-state index in [9.17, 15) is 10.1 Å². The van der Waals surface area contributed by atoms with Crippen LogP contribution in [0.3, 0.4) is 0 Å². The zero-order chi connectivity index (χ0) is 19.4. The number of methoxy groups -OCH3 is 1. The molecule has 8 heteroatoms. The fourth-order valence-corrected chi connectivity index (χ4v) is 2.99. The molecule has 3 rings (SSSR count). The van der Waals surface area contributed by atoms with Crippen LogP contribution in [-0.2, 0) is 4.65 Å². The molecule has 144 valence electrons. The van der Waals surface area contributed by atoms with E-state index in [1.165, 1.54) is 0 Å². The van der Waals surface area contributed by atoms with Crippen molar-refractivity contribution < 1.29 is 24.3 Å². The third kappa shape index (κ3) is 4.58. The van der Waals surface area contributed by atoms with Crippen LogP contribution < -0.4 is 9.47 Å². The van der Waals surface area contributed by atoms with Crippen LogP contribution in [0.15, 0.2) is 24.3 Å². The molecular weight excluding hydrogens is 347 g/mol. The minimum absolute atomic E-state index is 0.0340. The predicted octanol–water partition coefficient (Wildman–Crippen LogP) is 2.59. The summed E-state index contributed by atoms with van der Waals surface area (Å²) in [6, 6.07) is 7.31. The molecule has 0 bridgehead atoms. The Morgan fingerprint density at radius 2 is 2.11 bits per heavy atom. The van der Waals surface area contributed by atoms with Crippen molar-refractivity contribution in [1.82, 2.24) is 9.97 Å². The van der Waals surface area contributed by atoms with E-state index in [1.54, 1.807) is 20.1 Å². The Hall–Kier alpha value is -2.16. The summed E-state index contributed by atoms with van der Waals surface area (Å²) in [5.74, 6) is 1.73. The molecule has 1 saturated heterocycles. The molecule has 0 spiro atoms. The number of aromatic nitrogens is 2. The van der Waals surface area contributed by atoms with E-state index in [2.05, 4.69) is 9.97 Å². The number of benzene rings is 1. The lowest BCUT2D eigenvalue weighted by molar-refractivity contribution is 0.194. The predicted molar refractivity (Wildman–Crippen MR) is 102 cm³/mol. The molecule has 1 aliphatic rings. The Labute approximate surface area is 159 Å². The third-order valence-corrected chi connectivity index (χ3v) is 4.47. The molecule has 27 heavy (non-hydrogen) atoms. The zero-order valence-electron chi connectivity index (χ0n) is 15.9. The molecule has 1 aromatic carbocycles. The number of aliphatic hydroxyl groups is 1. The second kappa shape index (κ2) is 8.69. The standard InChI is InChI=1S/C19H25BN2O5/c1-4-7-26-18-8-13(5-6-17(18)25-3)19-21-15(12(2)23)9-16(22-19)14-10-20(24)27-11-14/h5-6,8-9,12,14,23-24H,4,7,10-11H2,1-3H3/t12-,14?/m1/s1. The smallest absolute Gasteiger partial charge is 0.454 e. The molecule has 1 aromatic heterocycles. The number of hydrogen-bond acceptors (Lipinski definition) is 7. The van der Waals surface area contributed by atoms with Gasteiger partial charge in [-0.05, 0) is 43.9 Å². The molecule has 1 aliphatic heterocycles. The van der Waals surface area contributed by atoms with Crippen LogP contribution in [0.5, 0.6) is 11.5 Å². The van der Waals surface area contributed by atoms with Crippen molar-refractivity contribution in [2.75, 3.05) is 20.3 Å². The summed E-state index contributed by atoms with van der Waals surface area (Å²) in [4.78, 5) is 9.18. The maximum absolute atomic E-state index is 10.1. The van der Waals surface area contributed by atoms with E-state index in [4.69, 9.17) is 14.1 Å². The Balaban J connectivity index is 2.01. The number of ether oxygens (including phenoxy) is 2. The molecule has 2 aromatic rings. The lowest BCUT2D eigenvalue weighted by atomic mass is 9.81. The second-order valence-electron chi connectivity index (χ2n) is 6.65. The van der Waals surface area contributed by atoms with Crippen molar-refractivity contribution in [3.63, 3.8) is 0 Å². The number of aliphatic hydroxyl groups excluding tert-OH is 1. The van der Waals surface area contributed by atoms with E-state index in [-0.39, 0.29) is 5.92 Å². The van der Waals surface area contributed by atoms with Crippen LogP contribution in [-0.4, -0.2) is 47.5 Å². The van der Waals surface area contributed by atoms with Crippen LogP contribution in [0, 0.1) is 0 Å². The van der Waals surface area contributed by atoms with Crippen molar-refractivity contribution in [1.29, 1.82) is 0 Å². The second-order valence-corrected chi connectivity index (χ2v) is 6.65. The first kappa shape index (κ1) is 19.6. The number of rotatable bonds is 7. The lowest BCUT2D eigenvalue weighted by Crippen LogP contribution is -2.09. The van der Waals surface area contributed by atoms with Crippen LogP contribution in [0.4, 0.5) is 0 Å². The minimum atomic E-state index is -0.779. The first-order chi connectivity index (χ1) is 13.0. The van der Waals surface area contributed by atoms with Gasteiger partial charge in [0.2, 0.25) is 0 Å². The molecule has 0 amide bonds. The maximum atomic E-state index is 10.1. The van der Waals surface area contributed by atoms with Gasteiger partial charge >= 0.3 is 7.12 Å². The fraction of sp³-hybridized carbons (Fsp3) is 0.474. The van der Waals surface area contributed by atoms with Crippen molar-refractivity contribution in [3.8, 4) is 22.9 Å². The Bertz CT molecular complexity index is 787. The summed E-state index contributed by atoms with van der Waals surface area (Å²) in [6.07, 6.45) is 0.630. The first-order valence-electron chi connectivity index (χ1n) is 9.19. The summed E-state index contributed by atoms with van der Waals surface area (Å²) in [5.41, 5.74) is 2.05. The van der Waals surface area contributed by atoms with Gasteiger partial charge in [0.25, 0.3) is 0 Å². The molecule has 0 radical (unpaired) electrons. The van der Waals surface area contributed by atoms with E-state index in [1.807, 2.05) is 25.1 Å². The summed E-state index contributed by atoms with van der Waals surface area (Å²) in [6.45, 7) is 4.68. The van der Waals surface area contributed by atoms with Gasteiger partial charge in [-0.1, -0.05) is 6.92 Å². The summed E-state index contributed by atoms with van der Waals surface area (Å²) in [5, 5.41) is 19.7. The van der Waals surface area contributed by atoms with Crippen LogP contribution >= 0.6 is 0 Å². The molecule has 0 saturated carbocycles. The molecule has 2 N–H and O–H groups in total. The normalized spacial score (nSPS) is 17.8. The lowest BCUT2D eigenvalue weighted by Gasteiger charge is -2.15. The average molecular weight is 372 g/mol. The van der Waals surface area contributed by atoms with E-state index >= 15 is 0 Å². The van der Waals surface area contributed by atoms with Gasteiger partial charge in [0.05, 0.1) is 25.5 Å². The largest absolute Gasteiger partial charge is 0.493 e. The van der Waals surface area contributed by atoms with Gasteiger partial charge in [0, 0.05) is 23.8 Å². The van der Waals surface area contributed by atoms with Gasteiger partial charge in [-0.25, -0.2) is 9.97 Å². The van der Waals surface area contributed by atoms with Crippen molar-refractivity contribution >= 4 is 7.12 Å². The quantitative estimate of drug-likeness (QED) is 0.722. The number of hydrogen-bond donors (Lipinski definition) is 2. The first-order valence-corrected chi connectivity index (χ1v) is 9.19. The highest BCUT2D eigenvalue weighted by molar-refractivity contribution is 6.43. The highest BCUT2D eigenvalue weighted by Gasteiger charge is 2.31. The van der Waals surface area contributed by atoms with Crippen LogP contribution in [0.2, 0.25) is 6.32 Å². The highest BCUT2D eigenvalue weighted by atomic mass is 16.5. The highest BCUT2D eigenvalue weighted by Crippen LogP contribution is 2.34. The topological polar surface area (TPSA) is 93.9 Å². The van der Waals surface area contributed by atoms with Gasteiger partial charge < -0.3 is 24.3 Å². The van der Waals surface area contributed by atoms with Crippen molar-refractivity contribution in [2.45, 2.75) is 38.6 Å². The Morgan fingerprint density at radius 3 is 2.74 bits per heavy atom. The number of nitrogens with zero attached hydrogens (tertiary/aromatic N) is 2. The van der Waals surface area contributed by atoms with Crippen molar-refractivity contribution in [2.24, 2.45) is 0 Å². The minimum Gasteiger partial charge on any atom is -0.493 e. The third-order valence-electron chi connectivity index (χ3n) is 4.47. The fourth-order valence-electron chi connectivity index (χ4n) is 2.99. The summed E-state index contributed by atoms with van der Waals surface area (Å²) < 4.78 is 16.4. The van der Waals surface area contributed by atoms with E-state index in [0.29, 0.717) is 42.6 Å². The van der Waals surface area contributed by atoms with Gasteiger partial charge in [0.1, 0.15) is 0 Å². The molecular formula is C19H25BN2O5. The monoisotopic (exact) mass is 372 g/mol. The van der Waals surface area contributed by atoms with Gasteiger partial charge in [0.15, 0.2) is 17.3 Å². The maximum Gasteiger partial charge on any atom is 0.454 e. The Morgan fingerprint density at radius 1 is 1.30 bits per heavy atom. The van der Waals surface area contributed by atoms with Crippen molar-refractivity contribution in [3.05, 3.63) is 35.7 Å².